The lowest BCUT2D eigenvalue weighted by atomic mass is 10.2. The van der Waals surface area contributed by atoms with Gasteiger partial charge in [0.15, 0.2) is 5.65 Å². The first kappa shape index (κ1) is 12.6. The summed E-state index contributed by atoms with van der Waals surface area (Å²) in [6.07, 6.45) is 4.15. The molecule has 106 valence electrons. The van der Waals surface area contributed by atoms with Crippen molar-refractivity contribution in [1.29, 1.82) is 0 Å². The van der Waals surface area contributed by atoms with E-state index in [1.54, 1.807) is 6.20 Å². The number of para-hydroxylation sites is 1. The molecule has 6 heteroatoms. The number of fused-ring (bicyclic) bond motifs is 1. The highest BCUT2D eigenvalue weighted by Crippen LogP contribution is 2.30. The molecule has 0 spiro atoms. The molecule has 4 rings (SSSR count). The maximum absolute atomic E-state index is 6.08. The number of halogens is 1. The summed E-state index contributed by atoms with van der Waals surface area (Å²) < 4.78 is 1.82. The van der Waals surface area contributed by atoms with Gasteiger partial charge in [0.1, 0.15) is 5.82 Å². The summed E-state index contributed by atoms with van der Waals surface area (Å²) in [5, 5.41) is 9.00. The summed E-state index contributed by atoms with van der Waals surface area (Å²) in [7, 11) is 0. The molecule has 1 saturated carbocycles. The van der Waals surface area contributed by atoms with Crippen LogP contribution in [0.5, 0.6) is 0 Å². The Balaban J connectivity index is 1.91. The number of nitrogens with zero attached hydrogens (tertiary/aromatic N) is 4. The molecule has 5 nitrogen and oxygen atoms in total. The van der Waals surface area contributed by atoms with Crippen LogP contribution in [-0.4, -0.2) is 25.8 Å². The van der Waals surface area contributed by atoms with Crippen LogP contribution in [0, 0.1) is 6.92 Å². The van der Waals surface area contributed by atoms with Gasteiger partial charge in [-0.3, -0.25) is 0 Å². The number of anilines is 1. The second kappa shape index (κ2) is 4.70. The summed E-state index contributed by atoms with van der Waals surface area (Å²) in [4.78, 5) is 8.66. The number of nitrogens with one attached hydrogen (secondary N) is 1. The summed E-state index contributed by atoms with van der Waals surface area (Å²) in [6, 6.07) is 8.57. The first-order valence-corrected chi connectivity index (χ1v) is 7.34. The van der Waals surface area contributed by atoms with E-state index in [4.69, 9.17) is 11.6 Å². The Kier molecular flexibility index (Phi) is 2.82. The maximum Gasteiger partial charge on any atom is 0.226 e. The summed E-state index contributed by atoms with van der Waals surface area (Å²) >= 11 is 6.08. The molecule has 1 N–H and O–H groups in total. The van der Waals surface area contributed by atoms with Gasteiger partial charge in [-0.2, -0.15) is 15.1 Å². The van der Waals surface area contributed by atoms with Crippen LogP contribution < -0.4 is 5.32 Å². The average Bonchev–Trinajstić information content (AvgIpc) is 3.17. The first-order valence-electron chi connectivity index (χ1n) is 6.96. The zero-order valence-electron chi connectivity index (χ0n) is 11.5. The fourth-order valence-electron chi connectivity index (χ4n) is 2.39. The smallest absolute Gasteiger partial charge is 0.226 e. The highest BCUT2D eigenvalue weighted by molar-refractivity contribution is 6.28. The van der Waals surface area contributed by atoms with Crippen LogP contribution in [0.3, 0.4) is 0 Å². The van der Waals surface area contributed by atoms with Crippen molar-refractivity contribution in [3.63, 3.8) is 0 Å². The van der Waals surface area contributed by atoms with Gasteiger partial charge in [-0.15, -0.1) is 0 Å². The van der Waals surface area contributed by atoms with Crippen molar-refractivity contribution in [3.05, 3.63) is 41.3 Å². The molecule has 2 heterocycles. The third kappa shape index (κ3) is 2.23. The lowest BCUT2D eigenvalue weighted by molar-refractivity contribution is 0.887. The SMILES string of the molecule is Cc1ccccc1-n1ncc2c(NC3CC3)nc(Cl)nc21. The van der Waals surface area contributed by atoms with Crippen LogP contribution in [0.15, 0.2) is 30.5 Å². The van der Waals surface area contributed by atoms with Crippen LogP contribution >= 0.6 is 11.6 Å². The minimum Gasteiger partial charge on any atom is -0.367 e. The minimum atomic E-state index is 0.237. The third-order valence-electron chi connectivity index (χ3n) is 3.66. The second-order valence-electron chi connectivity index (χ2n) is 5.34. The maximum atomic E-state index is 6.08. The number of aromatic nitrogens is 4. The Morgan fingerprint density at radius 2 is 2.05 bits per heavy atom. The molecule has 0 bridgehead atoms. The molecule has 1 aliphatic carbocycles. The van der Waals surface area contributed by atoms with Crippen molar-refractivity contribution in [3.8, 4) is 5.69 Å². The van der Waals surface area contributed by atoms with Crippen molar-refractivity contribution in [1.82, 2.24) is 19.7 Å². The van der Waals surface area contributed by atoms with E-state index in [-0.39, 0.29) is 5.28 Å². The molecule has 0 aliphatic heterocycles. The molecule has 3 aromatic rings. The second-order valence-corrected chi connectivity index (χ2v) is 5.68. The Bertz CT molecular complexity index is 822. The fourth-order valence-corrected chi connectivity index (χ4v) is 2.55. The molecule has 1 aromatic carbocycles. The van der Waals surface area contributed by atoms with E-state index in [1.807, 2.05) is 22.9 Å². The van der Waals surface area contributed by atoms with Crippen LogP contribution in [0.4, 0.5) is 5.82 Å². The predicted molar refractivity (Wildman–Crippen MR) is 83.1 cm³/mol. The van der Waals surface area contributed by atoms with Gasteiger partial charge < -0.3 is 5.32 Å². The number of benzene rings is 1. The van der Waals surface area contributed by atoms with E-state index in [0.717, 1.165) is 28.1 Å². The van der Waals surface area contributed by atoms with Crippen LogP contribution in [0.25, 0.3) is 16.7 Å². The van der Waals surface area contributed by atoms with Crippen molar-refractivity contribution < 1.29 is 0 Å². The summed E-state index contributed by atoms with van der Waals surface area (Å²) in [5.41, 5.74) is 2.86. The van der Waals surface area contributed by atoms with Gasteiger partial charge in [0.05, 0.1) is 17.3 Å². The lowest BCUT2D eigenvalue weighted by Crippen LogP contribution is -2.05. The Morgan fingerprint density at radius 3 is 2.81 bits per heavy atom. The lowest BCUT2D eigenvalue weighted by Gasteiger charge is -2.08. The van der Waals surface area contributed by atoms with Gasteiger partial charge in [-0.05, 0) is 43.0 Å². The van der Waals surface area contributed by atoms with Gasteiger partial charge >= 0.3 is 0 Å². The van der Waals surface area contributed by atoms with Gasteiger partial charge in [0.25, 0.3) is 0 Å². The number of hydrogen-bond acceptors (Lipinski definition) is 4. The standard InChI is InChI=1S/C15H14ClN5/c1-9-4-2-3-5-12(9)21-14-11(8-17-21)13(18-10-6-7-10)19-15(16)20-14/h2-5,8,10H,6-7H2,1H3,(H,18,19,20). The van der Waals surface area contributed by atoms with Gasteiger partial charge in [-0.1, -0.05) is 18.2 Å². The normalized spacial score (nSPS) is 14.6. The molecule has 21 heavy (non-hydrogen) atoms. The number of rotatable bonds is 3. The molecular weight excluding hydrogens is 286 g/mol. The third-order valence-corrected chi connectivity index (χ3v) is 3.83. The molecule has 0 saturated heterocycles. The summed E-state index contributed by atoms with van der Waals surface area (Å²) in [5.74, 6) is 0.771. The number of aryl methyl sites for hydroxylation is 1. The van der Waals surface area contributed by atoms with E-state index in [2.05, 4.69) is 33.4 Å². The van der Waals surface area contributed by atoms with E-state index in [0.29, 0.717) is 6.04 Å². The predicted octanol–water partition coefficient (Wildman–Crippen LogP) is 3.35. The monoisotopic (exact) mass is 299 g/mol. The van der Waals surface area contributed by atoms with Crippen molar-refractivity contribution in [2.45, 2.75) is 25.8 Å². The largest absolute Gasteiger partial charge is 0.367 e. The van der Waals surface area contributed by atoms with Gasteiger partial charge in [0.2, 0.25) is 5.28 Å². The first-order chi connectivity index (χ1) is 10.2. The molecule has 0 atom stereocenters. The Hall–Kier alpha value is -2.14. The average molecular weight is 300 g/mol. The van der Waals surface area contributed by atoms with E-state index >= 15 is 0 Å². The molecular formula is C15H14ClN5. The van der Waals surface area contributed by atoms with Crippen LogP contribution in [-0.2, 0) is 0 Å². The zero-order valence-corrected chi connectivity index (χ0v) is 12.3. The Labute approximate surface area is 127 Å². The van der Waals surface area contributed by atoms with Gasteiger partial charge in [-0.25, -0.2) is 4.68 Å². The zero-order chi connectivity index (χ0) is 14.4. The van der Waals surface area contributed by atoms with Crippen molar-refractivity contribution in [2.24, 2.45) is 0 Å². The molecule has 0 unspecified atom stereocenters. The molecule has 1 fully saturated rings. The van der Waals surface area contributed by atoms with Crippen molar-refractivity contribution in [2.75, 3.05) is 5.32 Å². The summed E-state index contributed by atoms with van der Waals surface area (Å²) in [6.45, 7) is 2.05. The van der Waals surface area contributed by atoms with Gasteiger partial charge in [0, 0.05) is 6.04 Å². The Morgan fingerprint density at radius 1 is 1.24 bits per heavy atom. The number of hydrogen-bond donors (Lipinski definition) is 1. The highest BCUT2D eigenvalue weighted by Gasteiger charge is 2.23. The van der Waals surface area contributed by atoms with Crippen LogP contribution in [0.2, 0.25) is 5.28 Å². The quantitative estimate of drug-likeness (QED) is 0.754. The van der Waals surface area contributed by atoms with E-state index in [1.165, 1.54) is 12.8 Å². The minimum absolute atomic E-state index is 0.237. The molecule has 0 radical (unpaired) electrons. The molecule has 0 amide bonds. The molecule has 2 aromatic heterocycles. The molecule has 1 aliphatic rings. The highest BCUT2D eigenvalue weighted by atomic mass is 35.5. The fraction of sp³-hybridized carbons (Fsp3) is 0.267. The van der Waals surface area contributed by atoms with E-state index in [9.17, 15) is 0 Å². The topological polar surface area (TPSA) is 55.6 Å². The van der Waals surface area contributed by atoms with E-state index < -0.39 is 0 Å². The van der Waals surface area contributed by atoms with Crippen LogP contribution in [0.1, 0.15) is 18.4 Å². The van der Waals surface area contributed by atoms with Crippen molar-refractivity contribution >= 4 is 28.5 Å².